The molecular weight excluding hydrogens is 280 g/mol. The van der Waals surface area contributed by atoms with Crippen LogP contribution < -0.4 is 9.47 Å². The van der Waals surface area contributed by atoms with Crippen LogP contribution in [0.15, 0.2) is 18.2 Å². The van der Waals surface area contributed by atoms with Crippen molar-refractivity contribution in [2.75, 3.05) is 53.6 Å². The van der Waals surface area contributed by atoms with E-state index in [4.69, 9.17) is 9.47 Å². The van der Waals surface area contributed by atoms with Crippen molar-refractivity contribution in [1.29, 1.82) is 0 Å². The van der Waals surface area contributed by atoms with Gasteiger partial charge in [0.15, 0.2) is 11.5 Å². The first-order valence-corrected chi connectivity index (χ1v) is 8.03. The van der Waals surface area contributed by atoms with Crippen LogP contribution in [0.3, 0.4) is 0 Å². The minimum Gasteiger partial charge on any atom is -0.493 e. The fourth-order valence-electron chi connectivity index (χ4n) is 2.79. The Hall–Kier alpha value is -1.30. The number of likely N-dealkylation sites (N-methyl/N-ethyl adjacent to an activating group) is 1. The number of hydrogen-bond donors (Lipinski definition) is 1. The Morgan fingerprint density at radius 3 is 2.50 bits per heavy atom. The summed E-state index contributed by atoms with van der Waals surface area (Å²) in [4.78, 5) is 4.65. The Kier molecular flexibility index (Phi) is 6.49. The molecule has 1 atom stereocenters. The standard InChI is InChI=1S/C17H28N2O3/c1-4-11-22-17-12-14(5-6-16(17)21-3)15(13-20)19-9-7-18(2)8-10-19/h5-6,12,15,20H,4,7-11,13H2,1-3H3. The number of rotatable bonds is 7. The number of hydrogen-bond acceptors (Lipinski definition) is 5. The van der Waals surface area contributed by atoms with Gasteiger partial charge in [0.25, 0.3) is 0 Å². The van der Waals surface area contributed by atoms with Gasteiger partial charge in [0, 0.05) is 26.2 Å². The lowest BCUT2D eigenvalue weighted by atomic mass is 10.0. The second-order valence-corrected chi connectivity index (χ2v) is 5.80. The molecule has 0 aromatic heterocycles. The highest BCUT2D eigenvalue weighted by atomic mass is 16.5. The van der Waals surface area contributed by atoms with Gasteiger partial charge in [0.1, 0.15) is 0 Å². The number of piperazine rings is 1. The van der Waals surface area contributed by atoms with E-state index in [1.807, 2.05) is 18.2 Å². The first-order valence-electron chi connectivity index (χ1n) is 8.03. The van der Waals surface area contributed by atoms with Crippen LogP contribution in [-0.4, -0.2) is 68.5 Å². The lowest BCUT2D eigenvalue weighted by Crippen LogP contribution is -2.46. The molecule has 124 valence electrons. The zero-order valence-electron chi connectivity index (χ0n) is 13.9. The lowest BCUT2D eigenvalue weighted by Gasteiger charge is -2.37. The predicted octanol–water partition coefficient (Wildman–Crippen LogP) is 1.76. The van der Waals surface area contributed by atoms with E-state index in [1.165, 1.54) is 0 Å². The Labute approximate surface area is 133 Å². The first kappa shape index (κ1) is 17.1. The fourth-order valence-corrected chi connectivity index (χ4v) is 2.79. The zero-order chi connectivity index (χ0) is 15.9. The molecule has 1 aromatic rings. The SMILES string of the molecule is CCCOc1cc(C(CO)N2CCN(C)CC2)ccc1OC. The number of aliphatic hydroxyl groups is 1. The topological polar surface area (TPSA) is 45.2 Å². The van der Waals surface area contributed by atoms with Gasteiger partial charge in [-0.05, 0) is 31.2 Å². The number of nitrogens with zero attached hydrogens (tertiary/aromatic N) is 2. The third-order valence-electron chi connectivity index (χ3n) is 4.19. The maximum Gasteiger partial charge on any atom is 0.161 e. The first-order chi connectivity index (χ1) is 10.7. The summed E-state index contributed by atoms with van der Waals surface area (Å²) >= 11 is 0. The molecule has 1 unspecified atom stereocenters. The van der Waals surface area contributed by atoms with Crippen LogP contribution in [0.25, 0.3) is 0 Å². The van der Waals surface area contributed by atoms with Crippen LogP contribution in [0.1, 0.15) is 24.9 Å². The number of methoxy groups -OCH3 is 1. The molecule has 2 rings (SSSR count). The molecule has 1 N–H and O–H groups in total. The van der Waals surface area contributed by atoms with Gasteiger partial charge in [-0.1, -0.05) is 13.0 Å². The number of aliphatic hydroxyl groups excluding tert-OH is 1. The highest BCUT2D eigenvalue weighted by Crippen LogP contribution is 2.32. The molecule has 1 saturated heterocycles. The fraction of sp³-hybridized carbons (Fsp3) is 0.647. The van der Waals surface area contributed by atoms with Crippen molar-refractivity contribution < 1.29 is 14.6 Å². The molecule has 5 heteroatoms. The second kappa shape index (κ2) is 8.36. The van der Waals surface area contributed by atoms with E-state index < -0.39 is 0 Å². The summed E-state index contributed by atoms with van der Waals surface area (Å²) in [6.07, 6.45) is 0.954. The normalized spacial score (nSPS) is 18.2. The van der Waals surface area contributed by atoms with Crippen LogP contribution in [0.2, 0.25) is 0 Å². The quantitative estimate of drug-likeness (QED) is 0.832. The average Bonchev–Trinajstić information content (AvgIpc) is 2.55. The van der Waals surface area contributed by atoms with E-state index in [0.717, 1.165) is 49.7 Å². The van der Waals surface area contributed by atoms with Gasteiger partial charge in [-0.2, -0.15) is 0 Å². The van der Waals surface area contributed by atoms with E-state index in [-0.39, 0.29) is 12.6 Å². The van der Waals surface area contributed by atoms with Gasteiger partial charge in [0.2, 0.25) is 0 Å². The van der Waals surface area contributed by atoms with Crippen molar-refractivity contribution in [3.63, 3.8) is 0 Å². The molecule has 1 aliphatic heterocycles. The molecule has 1 fully saturated rings. The van der Waals surface area contributed by atoms with Gasteiger partial charge in [-0.25, -0.2) is 0 Å². The summed E-state index contributed by atoms with van der Waals surface area (Å²) in [6.45, 7) is 6.87. The third kappa shape index (κ3) is 4.12. The van der Waals surface area contributed by atoms with Crippen LogP contribution in [-0.2, 0) is 0 Å². The molecule has 0 bridgehead atoms. The molecule has 0 aliphatic carbocycles. The largest absolute Gasteiger partial charge is 0.493 e. The van der Waals surface area contributed by atoms with Crippen molar-refractivity contribution in [2.24, 2.45) is 0 Å². The number of ether oxygens (including phenoxy) is 2. The second-order valence-electron chi connectivity index (χ2n) is 5.80. The predicted molar refractivity (Wildman–Crippen MR) is 87.7 cm³/mol. The van der Waals surface area contributed by atoms with E-state index >= 15 is 0 Å². The van der Waals surface area contributed by atoms with Crippen LogP contribution in [0.4, 0.5) is 0 Å². The average molecular weight is 308 g/mol. The van der Waals surface area contributed by atoms with E-state index in [2.05, 4.69) is 23.8 Å². The smallest absolute Gasteiger partial charge is 0.161 e. The highest BCUT2D eigenvalue weighted by Gasteiger charge is 2.24. The minimum atomic E-state index is 0.0172. The van der Waals surface area contributed by atoms with Gasteiger partial charge < -0.3 is 19.5 Å². The maximum absolute atomic E-state index is 9.86. The van der Waals surface area contributed by atoms with Gasteiger partial charge in [0.05, 0.1) is 26.4 Å². The maximum atomic E-state index is 9.86. The lowest BCUT2D eigenvalue weighted by molar-refractivity contribution is 0.0746. The van der Waals surface area contributed by atoms with Crippen LogP contribution >= 0.6 is 0 Å². The molecule has 5 nitrogen and oxygen atoms in total. The van der Waals surface area contributed by atoms with Crippen molar-refractivity contribution in [3.8, 4) is 11.5 Å². The van der Waals surface area contributed by atoms with E-state index in [9.17, 15) is 5.11 Å². The third-order valence-corrected chi connectivity index (χ3v) is 4.19. The van der Waals surface area contributed by atoms with Crippen molar-refractivity contribution >= 4 is 0 Å². The highest BCUT2D eigenvalue weighted by molar-refractivity contribution is 5.44. The molecule has 1 aliphatic rings. The van der Waals surface area contributed by atoms with Crippen molar-refractivity contribution in [1.82, 2.24) is 9.80 Å². The van der Waals surface area contributed by atoms with Gasteiger partial charge in [-0.3, -0.25) is 4.90 Å². The number of benzene rings is 1. The summed E-state index contributed by atoms with van der Waals surface area (Å²) in [6, 6.07) is 5.98. The Morgan fingerprint density at radius 2 is 1.91 bits per heavy atom. The van der Waals surface area contributed by atoms with Crippen molar-refractivity contribution in [2.45, 2.75) is 19.4 Å². The summed E-state index contributed by atoms with van der Waals surface area (Å²) in [7, 11) is 3.78. The molecule has 0 radical (unpaired) electrons. The molecule has 0 amide bonds. The molecule has 0 spiro atoms. The Bertz CT molecular complexity index is 459. The molecule has 1 aromatic carbocycles. The summed E-state index contributed by atoms with van der Waals surface area (Å²) in [5, 5.41) is 9.86. The molecule has 1 heterocycles. The van der Waals surface area contributed by atoms with Gasteiger partial charge in [-0.15, -0.1) is 0 Å². The summed E-state index contributed by atoms with van der Waals surface area (Å²) < 4.78 is 11.1. The van der Waals surface area contributed by atoms with Crippen LogP contribution in [0.5, 0.6) is 11.5 Å². The Balaban J connectivity index is 2.17. The summed E-state index contributed by atoms with van der Waals surface area (Å²) in [5.74, 6) is 1.50. The zero-order valence-corrected chi connectivity index (χ0v) is 13.9. The van der Waals surface area contributed by atoms with E-state index in [1.54, 1.807) is 7.11 Å². The molecule has 22 heavy (non-hydrogen) atoms. The van der Waals surface area contributed by atoms with Crippen molar-refractivity contribution in [3.05, 3.63) is 23.8 Å². The van der Waals surface area contributed by atoms with Crippen LogP contribution in [0, 0.1) is 0 Å². The molecule has 0 saturated carbocycles. The Morgan fingerprint density at radius 1 is 1.18 bits per heavy atom. The summed E-state index contributed by atoms with van der Waals surface area (Å²) in [5.41, 5.74) is 1.08. The van der Waals surface area contributed by atoms with E-state index in [0.29, 0.717) is 6.61 Å². The minimum absolute atomic E-state index is 0.0172. The molecular formula is C17H28N2O3. The monoisotopic (exact) mass is 308 g/mol. The van der Waals surface area contributed by atoms with Gasteiger partial charge >= 0.3 is 0 Å².